The predicted octanol–water partition coefficient (Wildman–Crippen LogP) is 4.38. The van der Waals surface area contributed by atoms with Crippen molar-refractivity contribution in [1.29, 1.82) is 0 Å². The lowest BCUT2D eigenvalue weighted by Gasteiger charge is -2.31. The van der Waals surface area contributed by atoms with Gasteiger partial charge >= 0.3 is 0 Å². The van der Waals surface area contributed by atoms with Crippen LogP contribution in [0.25, 0.3) is 5.65 Å². The van der Waals surface area contributed by atoms with Crippen LogP contribution in [-0.2, 0) is 16.6 Å². The summed E-state index contributed by atoms with van der Waals surface area (Å²) in [6.45, 7) is 3.49. The molecule has 0 spiro atoms. The zero-order valence-electron chi connectivity index (χ0n) is 18.7. The van der Waals surface area contributed by atoms with Crippen molar-refractivity contribution in [3.63, 3.8) is 0 Å². The van der Waals surface area contributed by atoms with Crippen LogP contribution in [0.1, 0.15) is 35.6 Å². The van der Waals surface area contributed by atoms with Crippen molar-refractivity contribution in [3.8, 4) is 0 Å². The summed E-state index contributed by atoms with van der Waals surface area (Å²) in [5.74, 6) is 1.000. The molecule has 1 fully saturated rings. The van der Waals surface area contributed by atoms with Gasteiger partial charge in [-0.05, 0) is 59.5 Å². The number of fused-ring (bicyclic) bond motifs is 1. The Kier molecular flexibility index (Phi) is 6.37. The number of halogens is 1. The van der Waals surface area contributed by atoms with Gasteiger partial charge in [-0.2, -0.15) is 13.9 Å². The summed E-state index contributed by atoms with van der Waals surface area (Å²) in [7, 11) is -3.49. The monoisotopic (exact) mass is 540 g/mol. The van der Waals surface area contributed by atoms with Crippen LogP contribution in [0, 0.1) is 6.92 Å². The lowest BCUT2D eigenvalue weighted by Crippen LogP contribution is -2.38. The largest absolute Gasteiger partial charge is 0.366 e. The summed E-state index contributed by atoms with van der Waals surface area (Å²) in [6.07, 6.45) is 6.74. The van der Waals surface area contributed by atoms with Gasteiger partial charge in [-0.1, -0.05) is 23.8 Å². The first-order valence-corrected chi connectivity index (χ1v) is 13.4. The number of sulfonamides is 1. The number of hydrogen-bond acceptors (Lipinski definition) is 6. The first-order valence-electron chi connectivity index (χ1n) is 11.2. The van der Waals surface area contributed by atoms with Gasteiger partial charge in [0.15, 0.2) is 5.65 Å². The minimum absolute atomic E-state index is 0.162. The molecule has 176 valence electrons. The van der Waals surface area contributed by atoms with Crippen molar-refractivity contribution in [2.45, 2.75) is 37.1 Å². The minimum Gasteiger partial charge on any atom is -0.366 e. The zero-order chi connectivity index (χ0) is 23.7. The number of benzene rings is 1. The highest BCUT2D eigenvalue weighted by Crippen LogP contribution is 2.32. The highest BCUT2D eigenvalue weighted by atomic mass is 79.9. The molecule has 8 nitrogen and oxygen atoms in total. The van der Waals surface area contributed by atoms with E-state index in [9.17, 15) is 8.42 Å². The summed E-state index contributed by atoms with van der Waals surface area (Å²) in [5, 5.41) is 7.89. The Morgan fingerprint density at radius 1 is 1.12 bits per heavy atom. The maximum Gasteiger partial charge on any atom is 0.243 e. The minimum atomic E-state index is -3.49. The Balaban J connectivity index is 1.35. The topological polar surface area (TPSA) is 92.5 Å². The number of nitrogens with zero attached hydrogens (tertiary/aromatic N) is 5. The lowest BCUT2D eigenvalue weighted by molar-refractivity contribution is 0.317. The molecular weight excluding hydrogens is 516 g/mol. The second-order valence-electron chi connectivity index (χ2n) is 8.50. The molecule has 4 aromatic rings. The molecule has 0 atom stereocenters. The van der Waals surface area contributed by atoms with Crippen LogP contribution in [0.2, 0.25) is 0 Å². The molecule has 0 saturated carbocycles. The molecule has 0 radical (unpaired) electrons. The number of aryl methyl sites for hydroxylation is 1. The van der Waals surface area contributed by atoms with E-state index in [0.29, 0.717) is 37.4 Å². The molecule has 5 rings (SSSR count). The van der Waals surface area contributed by atoms with Crippen LogP contribution in [0.5, 0.6) is 0 Å². The third-order valence-corrected chi connectivity index (χ3v) is 8.65. The quantitative estimate of drug-likeness (QED) is 0.390. The van der Waals surface area contributed by atoms with Gasteiger partial charge in [-0.15, -0.1) is 0 Å². The first-order chi connectivity index (χ1) is 16.4. The fourth-order valence-corrected chi connectivity index (χ4v) is 6.05. The summed E-state index contributed by atoms with van der Waals surface area (Å²) in [6, 6.07) is 13.0. The van der Waals surface area contributed by atoms with E-state index in [1.807, 2.05) is 43.5 Å². The van der Waals surface area contributed by atoms with Gasteiger partial charge in [0, 0.05) is 49.7 Å². The normalized spacial score (nSPS) is 15.6. The van der Waals surface area contributed by atoms with E-state index in [2.05, 4.69) is 31.3 Å². The first kappa shape index (κ1) is 22.9. The third kappa shape index (κ3) is 4.57. The number of rotatable bonds is 6. The van der Waals surface area contributed by atoms with Crippen LogP contribution < -0.4 is 5.32 Å². The molecule has 1 aromatic carbocycles. The van der Waals surface area contributed by atoms with Crippen molar-refractivity contribution in [3.05, 3.63) is 82.3 Å². The van der Waals surface area contributed by atoms with Crippen molar-refractivity contribution in [2.24, 2.45) is 0 Å². The van der Waals surface area contributed by atoms with Crippen molar-refractivity contribution in [2.75, 3.05) is 18.4 Å². The maximum atomic E-state index is 13.1. The van der Waals surface area contributed by atoms with E-state index in [1.54, 1.807) is 33.3 Å². The van der Waals surface area contributed by atoms with Gasteiger partial charge in [-0.3, -0.25) is 4.98 Å². The summed E-state index contributed by atoms with van der Waals surface area (Å²) in [4.78, 5) is 9.38. The van der Waals surface area contributed by atoms with Crippen LogP contribution in [0.4, 0.5) is 5.82 Å². The van der Waals surface area contributed by atoms with Crippen LogP contribution in [0.15, 0.2) is 70.4 Å². The molecule has 1 saturated heterocycles. The molecule has 1 N–H and O–H groups in total. The van der Waals surface area contributed by atoms with Crippen LogP contribution >= 0.6 is 15.9 Å². The molecule has 34 heavy (non-hydrogen) atoms. The van der Waals surface area contributed by atoms with E-state index in [-0.39, 0.29) is 5.92 Å². The van der Waals surface area contributed by atoms with E-state index >= 15 is 0 Å². The molecule has 0 aliphatic carbocycles. The van der Waals surface area contributed by atoms with Crippen molar-refractivity contribution < 1.29 is 8.42 Å². The molecule has 3 aromatic heterocycles. The van der Waals surface area contributed by atoms with Gasteiger partial charge < -0.3 is 5.32 Å². The van der Waals surface area contributed by atoms with Crippen molar-refractivity contribution in [1.82, 2.24) is 23.9 Å². The molecule has 0 unspecified atom stereocenters. The van der Waals surface area contributed by atoms with Crippen LogP contribution in [0.3, 0.4) is 0 Å². The Morgan fingerprint density at radius 3 is 2.59 bits per heavy atom. The van der Waals surface area contributed by atoms with Gasteiger partial charge in [0.2, 0.25) is 10.0 Å². The standard InChI is InChI=1S/C24H25BrN6O2S/c1-17-4-6-20(7-5-17)34(32,33)30-11-8-19(9-12-30)22-13-23(27-15-18-3-2-10-26-14-18)31-24(29-22)21(25)16-28-31/h2-7,10,13-14,16,19,27H,8-9,11-12,15H2,1H3. The fourth-order valence-electron chi connectivity index (χ4n) is 4.24. The predicted molar refractivity (Wildman–Crippen MR) is 134 cm³/mol. The summed E-state index contributed by atoms with van der Waals surface area (Å²) >= 11 is 3.55. The number of pyridine rings is 1. The Morgan fingerprint density at radius 2 is 1.88 bits per heavy atom. The zero-order valence-corrected chi connectivity index (χ0v) is 21.1. The molecule has 4 heterocycles. The van der Waals surface area contributed by atoms with Gasteiger partial charge in [0.25, 0.3) is 0 Å². The van der Waals surface area contributed by atoms with Gasteiger partial charge in [-0.25, -0.2) is 13.4 Å². The van der Waals surface area contributed by atoms with Crippen LogP contribution in [-0.4, -0.2) is 45.4 Å². The lowest BCUT2D eigenvalue weighted by atomic mass is 9.94. The average molecular weight is 541 g/mol. The highest BCUT2D eigenvalue weighted by molar-refractivity contribution is 9.10. The van der Waals surface area contributed by atoms with E-state index in [1.165, 1.54) is 0 Å². The van der Waals surface area contributed by atoms with Gasteiger partial charge in [0.05, 0.1) is 15.6 Å². The maximum absolute atomic E-state index is 13.1. The molecule has 0 bridgehead atoms. The van der Waals surface area contributed by atoms with E-state index < -0.39 is 10.0 Å². The number of aromatic nitrogens is 4. The molecular formula is C24H25BrN6O2S. The summed E-state index contributed by atoms with van der Waals surface area (Å²) in [5.41, 5.74) is 3.78. The van der Waals surface area contributed by atoms with Crippen molar-refractivity contribution >= 4 is 37.4 Å². The smallest absolute Gasteiger partial charge is 0.243 e. The average Bonchev–Trinajstić information content (AvgIpc) is 3.24. The fraction of sp³-hybridized carbons (Fsp3) is 0.292. The number of hydrogen-bond donors (Lipinski definition) is 1. The molecule has 1 aliphatic rings. The molecule has 0 amide bonds. The second kappa shape index (κ2) is 9.44. The SMILES string of the molecule is Cc1ccc(S(=O)(=O)N2CCC(c3cc(NCc4cccnc4)n4ncc(Br)c4n3)CC2)cc1. The Hall–Kier alpha value is -2.82. The van der Waals surface area contributed by atoms with E-state index in [0.717, 1.165) is 32.8 Å². The highest BCUT2D eigenvalue weighted by Gasteiger charge is 2.31. The van der Waals surface area contributed by atoms with Gasteiger partial charge in [0.1, 0.15) is 5.82 Å². The molecule has 1 aliphatic heterocycles. The molecule has 10 heteroatoms. The second-order valence-corrected chi connectivity index (χ2v) is 11.3. The summed E-state index contributed by atoms with van der Waals surface area (Å²) < 4.78 is 30.3. The van der Waals surface area contributed by atoms with E-state index in [4.69, 9.17) is 4.98 Å². The number of anilines is 1. The Bertz CT molecular complexity index is 1400. The number of piperidine rings is 1. The Labute approximate surface area is 207 Å². The third-order valence-electron chi connectivity index (χ3n) is 6.18. The number of nitrogens with one attached hydrogen (secondary N) is 1.